The van der Waals surface area contributed by atoms with Crippen LogP contribution in [0, 0.1) is 0 Å². The van der Waals surface area contributed by atoms with E-state index in [1.54, 1.807) is 6.92 Å². The summed E-state index contributed by atoms with van der Waals surface area (Å²) in [4.78, 5) is 11.2. The van der Waals surface area contributed by atoms with E-state index in [0.717, 1.165) is 12.1 Å². The third kappa shape index (κ3) is 4.61. The number of nitrogens with zero attached hydrogens (tertiary/aromatic N) is 1. The van der Waals surface area contributed by atoms with Gasteiger partial charge in [0.05, 0.1) is 17.9 Å². The number of hydrogen-bond donors (Lipinski definition) is 1. The Balaban J connectivity index is 2.78. The zero-order valence-corrected chi connectivity index (χ0v) is 10.4. The van der Waals surface area contributed by atoms with Crippen LogP contribution in [-0.4, -0.2) is 18.3 Å². The molecule has 19 heavy (non-hydrogen) atoms. The molecular weight excluding hydrogens is 261 g/mol. The molecule has 0 fully saturated rings. The zero-order valence-electron chi connectivity index (χ0n) is 10.4. The summed E-state index contributed by atoms with van der Waals surface area (Å²) in [5.74, 6) is -0.623. The number of esters is 1. The van der Waals surface area contributed by atoms with Crippen molar-refractivity contribution in [2.75, 3.05) is 12.0 Å². The molecule has 0 aromatic heterocycles. The van der Waals surface area contributed by atoms with Crippen molar-refractivity contribution in [2.45, 2.75) is 20.0 Å². The second kappa shape index (κ2) is 6.21. The van der Waals surface area contributed by atoms with Gasteiger partial charge >= 0.3 is 12.1 Å². The van der Waals surface area contributed by atoms with Crippen molar-refractivity contribution in [3.63, 3.8) is 0 Å². The predicted octanol–water partition coefficient (Wildman–Crippen LogP) is 3.06. The summed E-state index contributed by atoms with van der Waals surface area (Å²) in [7, 11) is 0. The van der Waals surface area contributed by atoms with Crippen molar-refractivity contribution in [3.05, 3.63) is 29.8 Å². The molecule has 0 heterocycles. The minimum absolute atomic E-state index is 0.0271. The molecule has 0 unspecified atom stereocenters. The molecule has 0 radical (unpaired) electrons. The van der Waals surface area contributed by atoms with Crippen LogP contribution >= 0.6 is 0 Å². The van der Waals surface area contributed by atoms with Gasteiger partial charge in [0, 0.05) is 0 Å². The van der Waals surface area contributed by atoms with Gasteiger partial charge in [-0.3, -0.25) is 5.43 Å². The van der Waals surface area contributed by atoms with Crippen molar-refractivity contribution in [1.29, 1.82) is 0 Å². The molecule has 0 saturated carbocycles. The van der Waals surface area contributed by atoms with Crippen LogP contribution in [-0.2, 0) is 15.7 Å². The fraction of sp³-hybridized carbons (Fsp3) is 0.333. The number of ether oxygens (including phenoxy) is 1. The number of halogens is 3. The molecule has 0 atom stereocenters. The summed E-state index contributed by atoms with van der Waals surface area (Å²) < 4.78 is 42.1. The first-order chi connectivity index (χ1) is 8.84. The van der Waals surface area contributed by atoms with E-state index in [0.29, 0.717) is 0 Å². The predicted molar refractivity (Wildman–Crippen MR) is 64.8 cm³/mol. The molecule has 104 valence electrons. The van der Waals surface area contributed by atoms with E-state index in [9.17, 15) is 18.0 Å². The van der Waals surface area contributed by atoms with Crippen molar-refractivity contribution in [1.82, 2.24) is 0 Å². The second-order valence-corrected chi connectivity index (χ2v) is 3.61. The lowest BCUT2D eigenvalue weighted by molar-refractivity contribution is -0.137. The lowest BCUT2D eigenvalue weighted by Gasteiger charge is -2.08. The summed E-state index contributed by atoms with van der Waals surface area (Å²) in [6.45, 7) is 3.25. The number of alkyl halides is 3. The van der Waals surface area contributed by atoms with Crippen LogP contribution in [0.4, 0.5) is 18.9 Å². The van der Waals surface area contributed by atoms with E-state index in [1.165, 1.54) is 19.1 Å². The lowest BCUT2D eigenvalue weighted by atomic mass is 10.2. The first kappa shape index (κ1) is 15.0. The molecule has 1 N–H and O–H groups in total. The highest BCUT2D eigenvalue weighted by molar-refractivity contribution is 6.35. The van der Waals surface area contributed by atoms with Crippen LogP contribution in [0.15, 0.2) is 29.4 Å². The second-order valence-electron chi connectivity index (χ2n) is 3.61. The van der Waals surface area contributed by atoms with Gasteiger partial charge in [-0.25, -0.2) is 4.79 Å². The minimum Gasteiger partial charge on any atom is -0.461 e. The molecule has 1 rings (SSSR count). The topological polar surface area (TPSA) is 50.7 Å². The molecule has 0 saturated heterocycles. The first-order valence-electron chi connectivity index (χ1n) is 5.49. The van der Waals surface area contributed by atoms with Gasteiger partial charge in [-0.2, -0.15) is 18.3 Å². The van der Waals surface area contributed by atoms with E-state index in [4.69, 9.17) is 0 Å². The molecule has 0 aliphatic rings. The Morgan fingerprint density at radius 2 is 2.11 bits per heavy atom. The molecule has 0 bridgehead atoms. The Morgan fingerprint density at radius 3 is 2.68 bits per heavy atom. The zero-order chi connectivity index (χ0) is 14.5. The van der Waals surface area contributed by atoms with Gasteiger partial charge in [-0.1, -0.05) is 6.07 Å². The van der Waals surface area contributed by atoms with Crippen molar-refractivity contribution in [3.8, 4) is 0 Å². The van der Waals surface area contributed by atoms with Crippen molar-refractivity contribution >= 4 is 17.4 Å². The van der Waals surface area contributed by atoms with Gasteiger partial charge in [0.15, 0.2) is 0 Å². The third-order valence-corrected chi connectivity index (χ3v) is 2.11. The van der Waals surface area contributed by atoms with Gasteiger partial charge < -0.3 is 4.74 Å². The standard InChI is InChI=1S/C12H13F3N2O2/c1-3-19-11(18)8(2)16-17-10-6-4-5-9(7-10)12(13,14)15/h4-7,17H,3H2,1-2H3. The highest BCUT2D eigenvalue weighted by Gasteiger charge is 2.30. The van der Waals surface area contributed by atoms with Gasteiger partial charge in [-0.05, 0) is 32.0 Å². The largest absolute Gasteiger partial charge is 0.461 e. The maximum absolute atomic E-state index is 12.5. The molecule has 0 aliphatic heterocycles. The molecular formula is C12H13F3N2O2. The number of hydrazone groups is 1. The Morgan fingerprint density at radius 1 is 1.42 bits per heavy atom. The number of anilines is 1. The highest BCUT2D eigenvalue weighted by atomic mass is 19.4. The Labute approximate surface area is 108 Å². The molecule has 4 nitrogen and oxygen atoms in total. The summed E-state index contributed by atoms with van der Waals surface area (Å²) >= 11 is 0. The number of benzene rings is 1. The molecule has 7 heteroatoms. The molecule has 0 aliphatic carbocycles. The Kier molecular flexibility index (Phi) is 4.91. The fourth-order valence-corrected chi connectivity index (χ4v) is 1.19. The minimum atomic E-state index is -4.42. The van der Waals surface area contributed by atoms with Crippen LogP contribution in [0.1, 0.15) is 19.4 Å². The van der Waals surface area contributed by atoms with Gasteiger partial charge in [0.25, 0.3) is 0 Å². The maximum atomic E-state index is 12.5. The lowest BCUT2D eigenvalue weighted by Crippen LogP contribution is -2.15. The molecule has 0 spiro atoms. The van der Waals surface area contributed by atoms with E-state index in [-0.39, 0.29) is 18.0 Å². The number of nitrogens with one attached hydrogen (secondary N) is 1. The van der Waals surface area contributed by atoms with E-state index < -0.39 is 17.7 Å². The van der Waals surface area contributed by atoms with Crippen LogP contribution in [0.2, 0.25) is 0 Å². The molecule has 1 aromatic rings. The summed E-state index contributed by atoms with van der Waals surface area (Å²) in [5.41, 5.74) is 1.76. The number of carbonyl (C=O) groups is 1. The number of carbonyl (C=O) groups excluding carboxylic acids is 1. The van der Waals surface area contributed by atoms with Gasteiger partial charge in [-0.15, -0.1) is 0 Å². The Hall–Kier alpha value is -2.05. The van der Waals surface area contributed by atoms with E-state index >= 15 is 0 Å². The van der Waals surface area contributed by atoms with Crippen LogP contribution < -0.4 is 5.43 Å². The first-order valence-corrected chi connectivity index (χ1v) is 5.49. The third-order valence-electron chi connectivity index (χ3n) is 2.11. The quantitative estimate of drug-likeness (QED) is 0.521. The average molecular weight is 274 g/mol. The van der Waals surface area contributed by atoms with Gasteiger partial charge in [0.1, 0.15) is 5.71 Å². The normalized spacial score (nSPS) is 12.2. The van der Waals surface area contributed by atoms with Gasteiger partial charge in [0.2, 0.25) is 0 Å². The van der Waals surface area contributed by atoms with Crippen molar-refractivity contribution < 1.29 is 22.7 Å². The van der Waals surface area contributed by atoms with E-state index in [1.807, 2.05) is 0 Å². The summed E-state index contributed by atoms with van der Waals surface area (Å²) in [6.07, 6.45) is -4.42. The number of rotatable bonds is 4. The molecule has 0 amide bonds. The summed E-state index contributed by atoms with van der Waals surface area (Å²) in [6, 6.07) is 4.52. The molecule has 1 aromatic carbocycles. The highest BCUT2D eigenvalue weighted by Crippen LogP contribution is 2.30. The van der Waals surface area contributed by atoms with Crippen LogP contribution in [0.25, 0.3) is 0 Å². The monoisotopic (exact) mass is 274 g/mol. The smallest absolute Gasteiger partial charge is 0.416 e. The Bertz CT molecular complexity index is 484. The number of hydrogen-bond acceptors (Lipinski definition) is 4. The fourth-order valence-electron chi connectivity index (χ4n) is 1.19. The average Bonchev–Trinajstić information content (AvgIpc) is 2.35. The SMILES string of the molecule is CCOC(=O)C(C)=NNc1cccc(C(F)(F)F)c1. The van der Waals surface area contributed by atoms with Crippen molar-refractivity contribution in [2.24, 2.45) is 5.10 Å². The summed E-state index contributed by atoms with van der Waals surface area (Å²) in [5, 5.41) is 3.66. The van der Waals surface area contributed by atoms with E-state index in [2.05, 4.69) is 15.3 Å². The van der Waals surface area contributed by atoms with Crippen LogP contribution in [0.5, 0.6) is 0 Å². The maximum Gasteiger partial charge on any atom is 0.416 e. The van der Waals surface area contributed by atoms with Crippen LogP contribution in [0.3, 0.4) is 0 Å².